The Morgan fingerprint density at radius 3 is 2.75 bits per heavy atom. The van der Waals surface area contributed by atoms with E-state index in [2.05, 4.69) is 81.3 Å². The van der Waals surface area contributed by atoms with Gasteiger partial charge in [0.05, 0.1) is 0 Å². The SMILES string of the molecule is Cc1[nH]c2ccccc2c1CCN1CCCC1c1ccc(Br)cc1. The summed E-state index contributed by atoms with van der Waals surface area (Å²) in [6.45, 7) is 4.54. The number of likely N-dealkylation sites (tertiary alicyclic amines) is 1. The van der Waals surface area contributed by atoms with Crippen molar-refractivity contribution in [3.63, 3.8) is 0 Å². The number of aryl methyl sites for hydroxylation is 1. The molecule has 4 rings (SSSR count). The fraction of sp³-hybridized carbons (Fsp3) is 0.333. The molecule has 1 aromatic heterocycles. The van der Waals surface area contributed by atoms with E-state index in [1.54, 1.807) is 0 Å². The van der Waals surface area contributed by atoms with Crippen molar-refractivity contribution in [2.45, 2.75) is 32.2 Å². The minimum atomic E-state index is 0.573. The normalized spacial score (nSPS) is 18.5. The Morgan fingerprint density at radius 2 is 1.92 bits per heavy atom. The van der Waals surface area contributed by atoms with Crippen molar-refractivity contribution in [3.8, 4) is 0 Å². The van der Waals surface area contributed by atoms with Crippen LogP contribution in [0.3, 0.4) is 0 Å². The van der Waals surface area contributed by atoms with Gasteiger partial charge in [-0.3, -0.25) is 4.90 Å². The highest BCUT2D eigenvalue weighted by Crippen LogP contribution is 2.33. The van der Waals surface area contributed by atoms with Crippen LogP contribution in [-0.4, -0.2) is 23.0 Å². The first kappa shape index (κ1) is 15.9. The molecule has 2 heterocycles. The predicted molar refractivity (Wildman–Crippen MR) is 104 cm³/mol. The monoisotopic (exact) mass is 382 g/mol. The summed E-state index contributed by atoms with van der Waals surface area (Å²) in [5.41, 5.74) is 5.50. The topological polar surface area (TPSA) is 19.0 Å². The number of nitrogens with zero attached hydrogens (tertiary/aromatic N) is 1. The van der Waals surface area contributed by atoms with Gasteiger partial charge in [0, 0.05) is 33.7 Å². The number of hydrogen-bond acceptors (Lipinski definition) is 1. The molecule has 1 aliphatic rings. The molecule has 2 nitrogen and oxygen atoms in total. The van der Waals surface area contributed by atoms with Crippen LogP contribution in [-0.2, 0) is 6.42 Å². The summed E-state index contributed by atoms with van der Waals surface area (Å²) in [4.78, 5) is 6.19. The molecule has 3 aromatic rings. The van der Waals surface area contributed by atoms with Gasteiger partial charge in [0.15, 0.2) is 0 Å². The van der Waals surface area contributed by atoms with E-state index < -0.39 is 0 Å². The smallest absolute Gasteiger partial charge is 0.0458 e. The second-order valence-electron chi connectivity index (χ2n) is 6.77. The largest absolute Gasteiger partial charge is 0.358 e. The zero-order chi connectivity index (χ0) is 16.5. The zero-order valence-corrected chi connectivity index (χ0v) is 15.6. The fourth-order valence-corrected chi connectivity index (χ4v) is 4.33. The average Bonchev–Trinajstić information content (AvgIpc) is 3.17. The van der Waals surface area contributed by atoms with Gasteiger partial charge < -0.3 is 4.98 Å². The maximum atomic E-state index is 3.54. The van der Waals surface area contributed by atoms with E-state index in [4.69, 9.17) is 0 Å². The molecular weight excluding hydrogens is 360 g/mol. The molecule has 2 aromatic carbocycles. The molecule has 1 N–H and O–H groups in total. The van der Waals surface area contributed by atoms with Crippen LogP contribution in [0, 0.1) is 6.92 Å². The fourth-order valence-electron chi connectivity index (χ4n) is 4.07. The van der Waals surface area contributed by atoms with Crippen LogP contribution in [0.25, 0.3) is 10.9 Å². The van der Waals surface area contributed by atoms with E-state index in [9.17, 15) is 0 Å². The highest BCUT2D eigenvalue weighted by molar-refractivity contribution is 9.10. The number of fused-ring (bicyclic) bond motifs is 1. The van der Waals surface area contributed by atoms with Gasteiger partial charge in [-0.25, -0.2) is 0 Å². The van der Waals surface area contributed by atoms with Gasteiger partial charge in [-0.05, 0) is 62.1 Å². The van der Waals surface area contributed by atoms with Crippen molar-refractivity contribution in [1.82, 2.24) is 9.88 Å². The van der Waals surface area contributed by atoms with Crippen molar-refractivity contribution < 1.29 is 0 Å². The molecule has 124 valence electrons. The lowest BCUT2D eigenvalue weighted by Gasteiger charge is -2.25. The van der Waals surface area contributed by atoms with E-state index in [-0.39, 0.29) is 0 Å². The molecule has 3 heteroatoms. The van der Waals surface area contributed by atoms with Crippen molar-refractivity contribution in [1.29, 1.82) is 0 Å². The van der Waals surface area contributed by atoms with Crippen molar-refractivity contribution in [3.05, 3.63) is 69.8 Å². The predicted octanol–water partition coefficient (Wildman–Crippen LogP) is 5.62. The molecule has 24 heavy (non-hydrogen) atoms. The summed E-state index contributed by atoms with van der Waals surface area (Å²) >= 11 is 3.54. The molecule has 0 spiro atoms. The second-order valence-corrected chi connectivity index (χ2v) is 7.69. The highest BCUT2D eigenvalue weighted by Gasteiger charge is 2.25. The van der Waals surface area contributed by atoms with Crippen molar-refractivity contribution in [2.24, 2.45) is 0 Å². The first-order valence-electron chi connectivity index (χ1n) is 8.78. The minimum Gasteiger partial charge on any atom is -0.358 e. The Morgan fingerprint density at radius 1 is 1.12 bits per heavy atom. The number of benzene rings is 2. The van der Waals surface area contributed by atoms with E-state index >= 15 is 0 Å². The first-order valence-corrected chi connectivity index (χ1v) is 9.57. The number of halogens is 1. The third-order valence-electron chi connectivity index (χ3n) is 5.29. The van der Waals surface area contributed by atoms with E-state index in [1.165, 1.54) is 47.1 Å². The summed E-state index contributed by atoms with van der Waals surface area (Å²) < 4.78 is 1.16. The van der Waals surface area contributed by atoms with Gasteiger partial charge in [0.1, 0.15) is 0 Å². The van der Waals surface area contributed by atoms with Gasteiger partial charge in [0.25, 0.3) is 0 Å². The van der Waals surface area contributed by atoms with Crippen LogP contribution >= 0.6 is 15.9 Å². The molecule has 0 saturated carbocycles. The van der Waals surface area contributed by atoms with Crippen molar-refractivity contribution >= 4 is 26.8 Å². The van der Waals surface area contributed by atoms with Crippen LogP contribution in [0.15, 0.2) is 53.0 Å². The molecule has 0 aliphatic carbocycles. The van der Waals surface area contributed by atoms with Crippen LogP contribution in [0.4, 0.5) is 0 Å². The molecule has 1 saturated heterocycles. The molecular formula is C21H23BrN2. The Labute approximate surface area is 152 Å². The lowest BCUT2D eigenvalue weighted by molar-refractivity contribution is 0.260. The first-order chi connectivity index (χ1) is 11.7. The summed E-state index contributed by atoms with van der Waals surface area (Å²) in [6, 6.07) is 18.1. The van der Waals surface area contributed by atoms with Gasteiger partial charge in [0.2, 0.25) is 0 Å². The van der Waals surface area contributed by atoms with Crippen LogP contribution in [0.5, 0.6) is 0 Å². The zero-order valence-electron chi connectivity index (χ0n) is 14.1. The number of nitrogens with one attached hydrogen (secondary N) is 1. The number of rotatable bonds is 4. The maximum Gasteiger partial charge on any atom is 0.0458 e. The quantitative estimate of drug-likeness (QED) is 0.620. The molecule has 1 aliphatic heterocycles. The molecule has 0 amide bonds. The maximum absolute atomic E-state index is 3.54. The van der Waals surface area contributed by atoms with Crippen LogP contribution in [0.1, 0.15) is 35.7 Å². The number of para-hydroxylation sites is 1. The standard InChI is InChI=1S/C21H23BrN2/c1-15-18(19-5-2-3-6-20(19)23-15)12-14-24-13-4-7-21(24)16-8-10-17(22)11-9-16/h2-3,5-6,8-11,21,23H,4,7,12-14H2,1H3. The molecule has 0 radical (unpaired) electrons. The second kappa shape index (κ2) is 6.73. The van der Waals surface area contributed by atoms with E-state index in [1.807, 2.05) is 0 Å². The number of aromatic nitrogens is 1. The van der Waals surface area contributed by atoms with Gasteiger partial charge in [-0.1, -0.05) is 46.3 Å². The lowest BCUT2D eigenvalue weighted by Crippen LogP contribution is -2.25. The van der Waals surface area contributed by atoms with E-state index in [0.29, 0.717) is 6.04 Å². The third-order valence-corrected chi connectivity index (χ3v) is 5.82. The Hall–Kier alpha value is -1.58. The summed E-state index contributed by atoms with van der Waals surface area (Å²) in [7, 11) is 0. The van der Waals surface area contributed by atoms with Crippen LogP contribution < -0.4 is 0 Å². The molecule has 0 bridgehead atoms. The van der Waals surface area contributed by atoms with E-state index in [0.717, 1.165) is 17.4 Å². The molecule has 1 atom stereocenters. The van der Waals surface area contributed by atoms with Crippen molar-refractivity contribution in [2.75, 3.05) is 13.1 Å². The van der Waals surface area contributed by atoms with Gasteiger partial charge >= 0.3 is 0 Å². The number of H-pyrrole nitrogens is 1. The van der Waals surface area contributed by atoms with Gasteiger partial charge in [-0.2, -0.15) is 0 Å². The Balaban J connectivity index is 1.52. The Kier molecular flexibility index (Phi) is 4.47. The summed E-state index contributed by atoms with van der Waals surface area (Å²) in [6.07, 6.45) is 3.69. The average molecular weight is 383 g/mol. The third kappa shape index (κ3) is 3.03. The minimum absolute atomic E-state index is 0.573. The number of hydrogen-bond donors (Lipinski definition) is 1. The molecule has 1 unspecified atom stereocenters. The lowest BCUT2D eigenvalue weighted by atomic mass is 10.0. The summed E-state index contributed by atoms with van der Waals surface area (Å²) in [5.74, 6) is 0. The van der Waals surface area contributed by atoms with Crippen LogP contribution in [0.2, 0.25) is 0 Å². The summed E-state index contributed by atoms with van der Waals surface area (Å²) in [5, 5.41) is 1.38. The van der Waals surface area contributed by atoms with Gasteiger partial charge in [-0.15, -0.1) is 0 Å². The number of aromatic amines is 1. The molecule has 1 fully saturated rings. The Bertz CT molecular complexity index is 835. The highest BCUT2D eigenvalue weighted by atomic mass is 79.9.